The largest absolute Gasteiger partial charge is 0.469 e. The van der Waals surface area contributed by atoms with E-state index < -0.39 is 32.6 Å². The van der Waals surface area contributed by atoms with Gasteiger partial charge >= 0.3 is 5.97 Å². The lowest BCUT2D eigenvalue weighted by Gasteiger charge is -2.41. The molecule has 0 amide bonds. The molecule has 0 aliphatic heterocycles. The maximum absolute atomic E-state index is 15.0. The van der Waals surface area contributed by atoms with Crippen molar-refractivity contribution in [2.75, 3.05) is 7.11 Å². The molecule has 2 N–H and O–H groups in total. The second-order valence-electron chi connectivity index (χ2n) is 11.7. The first-order valence-electron chi connectivity index (χ1n) is 13.3. The predicted octanol–water partition coefficient (Wildman–Crippen LogP) is 6.63. The van der Waals surface area contributed by atoms with Crippen LogP contribution >= 0.6 is 0 Å². The first kappa shape index (κ1) is 32.2. The first-order chi connectivity index (χ1) is 16.2. The maximum Gasteiger partial charge on any atom is 0.305 e. The average molecular weight is 521 g/mol. The number of unbranched alkanes of at least 4 members (excludes halogenated alkanes) is 1. The van der Waals surface area contributed by atoms with Gasteiger partial charge in [0.05, 0.1) is 19.3 Å². The van der Waals surface area contributed by atoms with E-state index >= 15 is 8.78 Å². The van der Waals surface area contributed by atoms with Crippen molar-refractivity contribution < 1.29 is 33.0 Å². The molecule has 8 heteroatoms. The number of halogens is 2. The lowest BCUT2D eigenvalue weighted by molar-refractivity contribution is -0.140. The smallest absolute Gasteiger partial charge is 0.305 e. The van der Waals surface area contributed by atoms with E-state index in [1.165, 1.54) is 7.11 Å². The van der Waals surface area contributed by atoms with Crippen molar-refractivity contribution in [1.82, 2.24) is 0 Å². The van der Waals surface area contributed by atoms with Gasteiger partial charge < -0.3 is 19.4 Å². The van der Waals surface area contributed by atoms with E-state index in [4.69, 9.17) is 4.43 Å². The molecule has 0 bridgehead atoms. The molecule has 1 saturated carbocycles. The third kappa shape index (κ3) is 10.2. The van der Waals surface area contributed by atoms with Crippen LogP contribution in [0.2, 0.25) is 18.1 Å². The van der Waals surface area contributed by atoms with Gasteiger partial charge in [0.15, 0.2) is 8.32 Å². The van der Waals surface area contributed by atoms with Gasteiger partial charge in [-0.25, -0.2) is 8.78 Å². The summed E-state index contributed by atoms with van der Waals surface area (Å²) >= 11 is 0. The highest BCUT2D eigenvalue weighted by molar-refractivity contribution is 6.74. The van der Waals surface area contributed by atoms with Crippen LogP contribution in [-0.4, -0.2) is 55.8 Å². The van der Waals surface area contributed by atoms with E-state index in [-0.39, 0.29) is 35.7 Å². The van der Waals surface area contributed by atoms with E-state index in [0.29, 0.717) is 44.9 Å². The Labute approximate surface area is 212 Å². The molecule has 1 aliphatic carbocycles. The highest BCUT2D eigenvalue weighted by Crippen LogP contribution is 2.43. The third-order valence-electron chi connectivity index (χ3n) is 7.88. The molecular weight excluding hydrogens is 470 g/mol. The minimum atomic E-state index is -2.88. The summed E-state index contributed by atoms with van der Waals surface area (Å²) in [6, 6.07) is 0. The Bertz CT molecular complexity index is 662. The van der Waals surface area contributed by atoms with Crippen LogP contribution in [0.1, 0.15) is 91.9 Å². The number of carbonyl (C=O) groups is 1. The Balaban J connectivity index is 2.74. The SMILES string of the molecule is CCCC(F)(F)C(CCC[C@@H]1[C@@H](CC=CCCCC(=O)OC)[C@@H](O)C[C@H]1O)O[Si](C)(C)C(C)(C)C. The van der Waals surface area contributed by atoms with Crippen LogP contribution in [0.15, 0.2) is 12.2 Å². The van der Waals surface area contributed by atoms with Gasteiger partial charge in [0.25, 0.3) is 5.92 Å². The summed E-state index contributed by atoms with van der Waals surface area (Å²) in [5.41, 5.74) is 0. The average Bonchev–Trinajstić information content (AvgIpc) is 3.01. The molecule has 1 aliphatic rings. The summed E-state index contributed by atoms with van der Waals surface area (Å²) < 4.78 is 40.9. The van der Waals surface area contributed by atoms with Gasteiger partial charge in [0, 0.05) is 12.8 Å². The van der Waals surface area contributed by atoms with Crippen LogP contribution in [0.4, 0.5) is 8.78 Å². The number of aliphatic hydroxyl groups is 2. The summed E-state index contributed by atoms with van der Waals surface area (Å²) in [4.78, 5) is 11.2. The number of rotatable bonds is 15. The molecule has 5 nitrogen and oxygen atoms in total. The summed E-state index contributed by atoms with van der Waals surface area (Å²) in [5.74, 6) is -3.34. The number of hydrogen-bond donors (Lipinski definition) is 2. The van der Waals surface area contributed by atoms with Crippen molar-refractivity contribution in [3.63, 3.8) is 0 Å². The molecule has 0 heterocycles. The molecule has 0 aromatic rings. The molecule has 1 unspecified atom stereocenters. The number of hydrogen-bond acceptors (Lipinski definition) is 5. The van der Waals surface area contributed by atoms with Crippen molar-refractivity contribution >= 4 is 14.3 Å². The van der Waals surface area contributed by atoms with E-state index in [9.17, 15) is 15.0 Å². The number of methoxy groups -OCH3 is 1. The number of carbonyl (C=O) groups excluding carboxylic acids is 1. The third-order valence-corrected chi connectivity index (χ3v) is 12.4. The van der Waals surface area contributed by atoms with Gasteiger partial charge in [-0.1, -0.05) is 52.7 Å². The minimum absolute atomic E-state index is 0.0993. The lowest BCUT2D eigenvalue weighted by atomic mass is 9.85. The molecule has 0 saturated heterocycles. The summed E-state index contributed by atoms with van der Waals surface area (Å²) in [6.45, 7) is 11.9. The number of aliphatic hydroxyl groups excluding tert-OH is 2. The maximum atomic E-state index is 15.0. The van der Waals surface area contributed by atoms with Crippen LogP contribution < -0.4 is 0 Å². The van der Waals surface area contributed by atoms with Crippen molar-refractivity contribution in [3.8, 4) is 0 Å². The Hall–Kier alpha value is -0.833. The Morgan fingerprint density at radius 1 is 1.11 bits per heavy atom. The van der Waals surface area contributed by atoms with Crippen LogP contribution in [0, 0.1) is 11.8 Å². The predicted molar refractivity (Wildman–Crippen MR) is 139 cm³/mol. The van der Waals surface area contributed by atoms with Crippen molar-refractivity contribution in [3.05, 3.63) is 12.2 Å². The van der Waals surface area contributed by atoms with Gasteiger partial charge in [0.1, 0.15) is 6.10 Å². The fraction of sp³-hybridized carbons (Fsp3) is 0.889. The monoisotopic (exact) mass is 520 g/mol. The zero-order valence-electron chi connectivity index (χ0n) is 23.0. The highest BCUT2D eigenvalue weighted by atomic mass is 28.4. The molecule has 0 spiro atoms. The van der Waals surface area contributed by atoms with Gasteiger partial charge in [-0.3, -0.25) is 4.79 Å². The van der Waals surface area contributed by atoms with Crippen molar-refractivity contribution in [2.45, 2.75) is 134 Å². The molecule has 0 radical (unpaired) electrons. The Morgan fingerprint density at radius 3 is 2.31 bits per heavy atom. The zero-order valence-corrected chi connectivity index (χ0v) is 24.0. The fourth-order valence-electron chi connectivity index (χ4n) is 4.67. The molecule has 1 rings (SSSR count). The quantitative estimate of drug-likeness (QED) is 0.110. The molecule has 0 aromatic heterocycles. The van der Waals surface area contributed by atoms with Crippen LogP contribution in [0.25, 0.3) is 0 Å². The normalized spacial score (nSPS) is 24.8. The van der Waals surface area contributed by atoms with Crippen LogP contribution in [0.3, 0.4) is 0 Å². The van der Waals surface area contributed by atoms with Gasteiger partial charge in [-0.05, 0) is 68.5 Å². The number of alkyl halides is 2. The lowest BCUT2D eigenvalue weighted by Crippen LogP contribution is -2.49. The molecule has 5 atom stereocenters. The van der Waals surface area contributed by atoms with E-state index in [2.05, 4.69) is 25.5 Å². The standard InChI is InChI=1S/C27H50F2O5Si/c1-8-18-27(28,29)24(34-35(6,7)26(2,3)4)16-13-15-21-20(22(30)19-23(21)31)14-11-9-10-12-17-25(32)33-5/h9,11,20-24,30-31H,8,10,12-19H2,1-7H3/t20-,21-,22+,23-,24?/m1/s1. The number of ether oxygens (including phenoxy) is 1. The van der Waals surface area contributed by atoms with Crippen molar-refractivity contribution in [1.29, 1.82) is 0 Å². The fourth-order valence-corrected chi connectivity index (χ4v) is 6.02. The molecule has 206 valence electrons. The molecule has 1 fully saturated rings. The molecule has 0 aromatic carbocycles. The Kier molecular flexibility index (Phi) is 13.1. The zero-order chi connectivity index (χ0) is 26.9. The molecular formula is C27H50F2O5Si. The molecule has 35 heavy (non-hydrogen) atoms. The number of allylic oxidation sites excluding steroid dienone is 2. The van der Waals surface area contributed by atoms with Gasteiger partial charge in [-0.2, -0.15) is 0 Å². The second kappa shape index (κ2) is 14.2. The second-order valence-corrected chi connectivity index (χ2v) is 16.4. The van der Waals surface area contributed by atoms with Crippen LogP contribution in [-0.2, 0) is 14.0 Å². The summed E-state index contributed by atoms with van der Waals surface area (Å²) in [7, 11) is -0.999. The number of esters is 1. The first-order valence-corrected chi connectivity index (χ1v) is 16.2. The minimum Gasteiger partial charge on any atom is -0.469 e. The van der Waals surface area contributed by atoms with Gasteiger partial charge in [0.2, 0.25) is 0 Å². The van der Waals surface area contributed by atoms with Gasteiger partial charge in [-0.15, -0.1) is 0 Å². The Morgan fingerprint density at radius 2 is 1.74 bits per heavy atom. The van der Waals surface area contributed by atoms with Crippen molar-refractivity contribution in [2.24, 2.45) is 11.8 Å². The van der Waals surface area contributed by atoms with E-state index in [0.717, 1.165) is 6.42 Å². The van der Waals surface area contributed by atoms with Crippen LogP contribution in [0.5, 0.6) is 0 Å². The van der Waals surface area contributed by atoms with E-state index in [1.54, 1.807) is 6.92 Å². The topological polar surface area (TPSA) is 76.0 Å². The summed E-state index contributed by atoms with van der Waals surface area (Å²) in [5, 5.41) is 20.9. The van der Waals surface area contributed by atoms with E-state index in [1.807, 2.05) is 25.2 Å². The summed E-state index contributed by atoms with van der Waals surface area (Å²) in [6.07, 6.45) is 5.93. The highest BCUT2D eigenvalue weighted by Gasteiger charge is 2.47.